The molecule has 4 nitrogen and oxygen atoms in total. The van der Waals surface area contributed by atoms with Gasteiger partial charge in [-0.15, -0.1) is 11.3 Å². The Labute approximate surface area is 124 Å². The number of likely N-dealkylation sites (N-methyl/N-ethyl adjacent to an activating group) is 1. The number of hydrogen-bond acceptors (Lipinski definition) is 4. The molecular weight excluding hydrogens is 272 g/mol. The Balaban J connectivity index is 1.85. The van der Waals surface area contributed by atoms with Gasteiger partial charge in [0.1, 0.15) is 10.6 Å². The zero-order chi connectivity index (χ0) is 14.3. The fourth-order valence-electron chi connectivity index (χ4n) is 3.57. The predicted molar refractivity (Wildman–Crippen MR) is 80.7 cm³/mol. The van der Waals surface area contributed by atoms with Crippen LogP contribution in [0.15, 0.2) is 6.07 Å². The molecule has 0 aromatic carbocycles. The lowest BCUT2D eigenvalue weighted by Crippen LogP contribution is -2.48. The van der Waals surface area contributed by atoms with Crippen molar-refractivity contribution in [1.29, 1.82) is 0 Å². The maximum absolute atomic E-state index is 12.9. The van der Waals surface area contributed by atoms with E-state index in [1.165, 1.54) is 6.42 Å². The first-order valence-electron chi connectivity index (χ1n) is 7.24. The number of aryl methyl sites for hydroxylation is 1. The predicted octanol–water partition coefficient (Wildman–Crippen LogP) is 2.23. The second-order valence-corrected chi connectivity index (χ2v) is 7.20. The van der Waals surface area contributed by atoms with Gasteiger partial charge in [0.2, 0.25) is 0 Å². The monoisotopic (exact) mass is 294 g/mol. The summed E-state index contributed by atoms with van der Waals surface area (Å²) < 4.78 is 5.36. The van der Waals surface area contributed by atoms with E-state index in [1.54, 1.807) is 18.4 Å². The van der Waals surface area contributed by atoms with Crippen molar-refractivity contribution in [1.82, 2.24) is 9.80 Å². The summed E-state index contributed by atoms with van der Waals surface area (Å²) in [6.45, 7) is 5.03. The van der Waals surface area contributed by atoms with E-state index in [0.29, 0.717) is 12.0 Å². The molecule has 2 fully saturated rings. The third kappa shape index (κ3) is 2.33. The minimum Gasteiger partial charge on any atom is -0.495 e. The molecule has 0 spiro atoms. The number of methoxy groups -OCH3 is 1. The number of amides is 1. The largest absolute Gasteiger partial charge is 0.495 e. The van der Waals surface area contributed by atoms with Gasteiger partial charge in [0, 0.05) is 30.6 Å². The van der Waals surface area contributed by atoms with Gasteiger partial charge >= 0.3 is 0 Å². The van der Waals surface area contributed by atoms with Gasteiger partial charge in [-0.05, 0) is 38.8 Å². The van der Waals surface area contributed by atoms with E-state index in [1.807, 2.05) is 13.0 Å². The number of ether oxygens (including phenoxy) is 1. The fourth-order valence-corrected chi connectivity index (χ4v) is 4.50. The third-order valence-electron chi connectivity index (χ3n) is 4.46. The van der Waals surface area contributed by atoms with Crippen molar-refractivity contribution in [2.75, 3.05) is 33.8 Å². The van der Waals surface area contributed by atoms with Crippen molar-refractivity contribution in [2.24, 2.45) is 5.92 Å². The summed E-state index contributed by atoms with van der Waals surface area (Å²) in [6, 6.07) is 2.34. The summed E-state index contributed by atoms with van der Waals surface area (Å²) >= 11 is 1.55. The molecule has 1 amide bonds. The molecule has 2 aliphatic rings. The lowest BCUT2D eigenvalue weighted by atomic mass is 9.92. The first kappa shape index (κ1) is 13.9. The van der Waals surface area contributed by atoms with E-state index in [9.17, 15) is 4.79 Å². The Morgan fingerprint density at radius 3 is 3.00 bits per heavy atom. The lowest BCUT2D eigenvalue weighted by molar-refractivity contribution is 0.0574. The molecule has 2 saturated heterocycles. The number of fused-ring (bicyclic) bond motifs is 1. The number of carbonyl (C=O) groups is 1. The van der Waals surface area contributed by atoms with Crippen LogP contribution in [0.3, 0.4) is 0 Å². The molecular formula is C15H22N2O2S. The topological polar surface area (TPSA) is 32.8 Å². The highest BCUT2D eigenvalue weighted by Gasteiger charge is 2.40. The van der Waals surface area contributed by atoms with E-state index < -0.39 is 0 Å². The molecule has 2 aliphatic heterocycles. The second-order valence-electron chi connectivity index (χ2n) is 5.94. The van der Waals surface area contributed by atoms with Crippen LogP contribution in [-0.4, -0.2) is 55.5 Å². The third-order valence-corrected chi connectivity index (χ3v) is 5.48. The Morgan fingerprint density at radius 1 is 1.45 bits per heavy atom. The van der Waals surface area contributed by atoms with Crippen LogP contribution in [0.25, 0.3) is 0 Å². The van der Waals surface area contributed by atoms with Gasteiger partial charge < -0.3 is 14.5 Å². The van der Waals surface area contributed by atoms with E-state index in [-0.39, 0.29) is 5.91 Å². The average Bonchev–Trinajstić information content (AvgIpc) is 2.98. The Morgan fingerprint density at radius 2 is 2.25 bits per heavy atom. The van der Waals surface area contributed by atoms with Crippen molar-refractivity contribution in [2.45, 2.75) is 25.8 Å². The summed E-state index contributed by atoms with van der Waals surface area (Å²) in [6.07, 6.45) is 2.37. The summed E-state index contributed by atoms with van der Waals surface area (Å²) in [5.41, 5.74) is 0. The number of hydrogen-bond donors (Lipinski definition) is 0. The normalized spacial score (nSPS) is 26.6. The van der Waals surface area contributed by atoms with Gasteiger partial charge in [0.25, 0.3) is 5.91 Å². The lowest BCUT2D eigenvalue weighted by Gasteiger charge is -2.36. The molecule has 110 valence electrons. The maximum atomic E-state index is 12.9. The molecule has 2 atom stereocenters. The van der Waals surface area contributed by atoms with Crippen molar-refractivity contribution >= 4 is 17.2 Å². The van der Waals surface area contributed by atoms with Crippen LogP contribution < -0.4 is 4.74 Å². The SMILES string of the molecule is COc1cc(C)sc1C(=O)N1CCC[C@H]2CN(C)C[C@H]21. The molecule has 0 unspecified atom stereocenters. The van der Waals surface area contributed by atoms with Crippen molar-refractivity contribution in [3.63, 3.8) is 0 Å². The van der Waals surface area contributed by atoms with E-state index in [0.717, 1.165) is 41.6 Å². The molecule has 0 N–H and O–H groups in total. The van der Waals surface area contributed by atoms with Crippen LogP contribution in [0.1, 0.15) is 27.4 Å². The summed E-state index contributed by atoms with van der Waals surface area (Å²) in [5, 5.41) is 0. The molecule has 1 aromatic rings. The molecule has 0 aliphatic carbocycles. The Kier molecular flexibility index (Phi) is 3.73. The minimum absolute atomic E-state index is 0.157. The highest BCUT2D eigenvalue weighted by atomic mass is 32.1. The molecule has 3 rings (SSSR count). The molecule has 0 bridgehead atoms. The average molecular weight is 294 g/mol. The molecule has 5 heteroatoms. The van der Waals surface area contributed by atoms with Crippen LogP contribution in [0.4, 0.5) is 0 Å². The number of nitrogens with zero attached hydrogens (tertiary/aromatic N) is 2. The Hall–Kier alpha value is -1.07. The zero-order valence-corrected chi connectivity index (χ0v) is 13.2. The number of likely N-dealkylation sites (tertiary alicyclic amines) is 2. The molecule has 3 heterocycles. The standard InChI is InChI=1S/C15H22N2O2S/c1-10-7-13(19-3)14(20-10)15(18)17-6-4-5-11-8-16(2)9-12(11)17/h7,11-12H,4-6,8-9H2,1-3H3/t11-,12+/m0/s1. The van der Waals surface area contributed by atoms with E-state index in [4.69, 9.17) is 4.74 Å². The van der Waals surface area contributed by atoms with Gasteiger partial charge in [0.15, 0.2) is 0 Å². The smallest absolute Gasteiger partial charge is 0.268 e. The Bertz CT molecular complexity index is 514. The summed E-state index contributed by atoms with van der Waals surface area (Å²) in [4.78, 5) is 19.2. The molecule has 0 radical (unpaired) electrons. The molecule has 20 heavy (non-hydrogen) atoms. The highest BCUT2D eigenvalue weighted by Crippen LogP contribution is 2.35. The number of thiophene rings is 1. The number of rotatable bonds is 2. The van der Waals surface area contributed by atoms with Crippen LogP contribution in [-0.2, 0) is 0 Å². The van der Waals surface area contributed by atoms with Crippen LogP contribution >= 0.6 is 11.3 Å². The van der Waals surface area contributed by atoms with E-state index >= 15 is 0 Å². The van der Waals surface area contributed by atoms with Crippen molar-refractivity contribution in [3.8, 4) is 5.75 Å². The van der Waals surface area contributed by atoms with Gasteiger partial charge in [-0.25, -0.2) is 0 Å². The van der Waals surface area contributed by atoms with Gasteiger partial charge in [-0.1, -0.05) is 0 Å². The molecule has 0 saturated carbocycles. The summed E-state index contributed by atoms with van der Waals surface area (Å²) in [5.74, 6) is 1.53. The van der Waals surface area contributed by atoms with Gasteiger partial charge in [-0.2, -0.15) is 0 Å². The van der Waals surface area contributed by atoms with E-state index in [2.05, 4.69) is 16.8 Å². The van der Waals surface area contributed by atoms with Crippen molar-refractivity contribution < 1.29 is 9.53 Å². The van der Waals surface area contributed by atoms with Crippen molar-refractivity contribution in [3.05, 3.63) is 15.8 Å². The maximum Gasteiger partial charge on any atom is 0.268 e. The van der Waals surface area contributed by atoms with Crippen LogP contribution in [0, 0.1) is 12.8 Å². The van der Waals surface area contributed by atoms with Gasteiger partial charge in [-0.3, -0.25) is 4.79 Å². The molecule has 1 aromatic heterocycles. The first-order valence-corrected chi connectivity index (χ1v) is 8.05. The summed E-state index contributed by atoms with van der Waals surface area (Å²) in [7, 11) is 3.79. The quantitative estimate of drug-likeness (QED) is 0.838. The first-order chi connectivity index (χ1) is 9.60. The minimum atomic E-state index is 0.157. The highest BCUT2D eigenvalue weighted by molar-refractivity contribution is 7.14. The fraction of sp³-hybridized carbons (Fsp3) is 0.667. The number of carbonyl (C=O) groups excluding carboxylic acids is 1. The zero-order valence-electron chi connectivity index (χ0n) is 12.4. The second kappa shape index (κ2) is 5.37. The van der Waals surface area contributed by atoms with Crippen LogP contribution in [0.5, 0.6) is 5.75 Å². The van der Waals surface area contributed by atoms with Crippen LogP contribution in [0.2, 0.25) is 0 Å². The number of piperidine rings is 1. The van der Waals surface area contributed by atoms with Gasteiger partial charge in [0.05, 0.1) is 7.11 Å².